The van der Waals surface area contributed by atoms with Gasteiger partial charge in [-0.3, -0.25) is 4.90 Å². The Morgan fingerprint density at radius 2 is 2.13 bits per heavy atom. The van der Waals surface area contributed by atoms with Crippen molar-refractivity contribution in [3.8, 4) is 0 Å². The lowest BCUT2D eigenvalue weighted by Crippen LogP contribution is -2.21. The van der Waals surface area contributed by atoms with Crippen LogP contribution in [0.4, 0.5) is 0 Å². The standard InChI is InChI=1S/C12H18N2O/c1-9-5-12(13-15-9)8-14-6-10-3-2-4-11(10)7-14/h5,10-11H,2-4,6-8H2,1H3. The Bertz CT molecular complexity index is 335. The number of hydrogen-bond acceptors (Lipinski definition) is 3. The molecule has 1 saturated carbocycles. The molecule has 0 amide bonds. The van der Waals surface area contributed by atoms with E-state index in [0.29, 0.717) is 0 Å². The minimum Gasteiger partial charge on any atom is -0.361 e. The predicted molar refractivity (Wildman–Crippen MR) is 57.3 cm³/mol. The minimum atomic E-state index is 0.921. The second kappa shape index (κ2) is 3.63. The monoisotopic (exact) mass is 206 g/mol. The number of hydrogen-bond donors (Lipinski definition) is 0. The van der Waals surface area contributed by atoms with Gasteiger partial charge < -0.3 is 4.52 Å². The van der Waals surface area contributed by atoms with Crippen molar-refractivity contribution in [2.75, 3.05) is 13.1 Å². The van der Waals surface area contributed by atoms with Crippen LogP contribution < -0.4 is 0 Å². The quantitative estimate of drug-likeness (QED) is 0.743. The molecule has 0 spiro atoms. The van der Waals surface area contributed by atoms with E-state index in [2.05, 4.69) is 10.1 Å². The van der Waals surface area contributed by atoms with Crippen molar-refractivity contribution >= 4 is 0 Å². The molecule has 2 fully saturated rings. The highest BCUT2D eigenvalue weighted by Gasteiger charge is 2.35. The molecule has 2 aliphatic rings. The van der Waals surface area contributed by atoms with Crippen LogP contribution in [0.5, 0.6) is 0 Å². The van der Waals surface area contributed by atoms with E-state index in [0.717, 1.165) is 29.8 Å². The highest BCUT2D eigenvalue weighted by atomic mass is 16.5. The van der Waals surface area contributed by atoms with Crippen molar-refractivity contribution in [1.29, 1.82) is 0 Å². The van der Waals surface area contributed by atoms with Crippen molar-refractivity contribution < 1.29 is 4.52 Å². The van der Waals surface area contributed by atoms with Crippen LogP contribution in [0.3, 0.4) is 0 Å². The Kier molecular flexibility index (Phi) is 2.28. The second-order valence-corrected chi connectivity index (χ2v) is 5.07. The van der Waals surface area contributed by atoms with Crippen LogP contribution >= 0.6 is 0 Å². The number of nitrogens with zero attached hydrogens (tertiary/aromatic N) is 2. The molecule has 2 atom stereocenters. The first-order chi connectivity index (χ1) is 7.31. The molecule has 0 N–H and O–H groups in total. The summed E-state index contributed by atoms with van der Waals surface area (Å²) in [5.41, 5.74) is 1.09. The molecule has 0 bridgehead atoms. The molecule has 0 radical (unpaired) electrons. The maximum atomic E-state index is 5.09. The van der Waals surface area contributed by atoms with E-state index in [9.17, 15) is 0 Å². The maximum absolute atomic E-state index is 5.09. The van der Waals surface area contributed by atoms with Gasteiger partial charge in [-0.25, -0.2) is 0 Å². The molecule has 2 heterocycles. The summed E-state index contributed by atoms with van der Waals surface area (Å²) in [6.07, 6.45) is 4.34. The topological polar surface area (TPSA) is 29.3 Å². The first-order valence-electron chi connectivity index (χ1n) is 5.96. The molecule has 2 unspecified atom stereocenters. The van der Waals surface area contributed by atoms with Crippen LogP contribution in [0.1, 0.15) is 30.7 Å². The molecular formula is C12H18N2O. The van der Waals surface area contributed by atoms with Gasteiger partial charge >= 0.3 is 0 Å². The second-order valence-electron chi connectivity index (χ2n) is 5.07. The highest BCUT2D eigenvalue weighted by Crippen LogP contribution is 2.38. The van der Waals surface area contributed by atoms with Crippen LogP contribution in [-0.2, 0) is 6.54 Å². The Balaban J connectivity index is 1.61. The Morgan fingerprint density at radius 1 is 1.40 bits per heavy atom. The summed E-state index contributed by atoms with van der Waals surface area (Å²) >= 11 is 0. The average molecular weight is 206 g/mol. The zero-order valence-corrected chi connectivity index (χ0v) is 9.28. The molecule has 3 rings (SSSR count). The van der Waals surface area contributed by atoms with Crippen molar-refractivity contribution in [2.45, 2.75) is 32.7 Å². The SMILES string of the molecule is Cc1cc(CN2CC3CCCC3C2)no1. The fourth-order valence-corrected chi connectivity index (χ4v) is 3.18. The number of rotatable bonds is 2. The van der Waals surface area contributed by atoms with Gasteiger partial charge in [0, 0.05) is 25.7 Å². The van der Waals surface area contributed by atoms with E-state index < -0.39 is 0 Å². The average Bonchev–Trinajstić information content (AvgIpc) is 2.81. The fraction of sp³-hybridized carbons (Fsp3) is 0.750. The van der Waals surface area contributed by atoms with Gasteiger partial charge in [-0.15, -0.1) is 0 Å². The van der Waals surface area contributed by atoms with Crippen molar-refractivity contribution in [2.24, 2.45) is 11.8 Å². The molecular weight excluding hydrogens is 188 g/mol. The molecule has 1 aromatic rings. The number of aromatic nitrogens is 1. The summed E-state index contributed by atoms with van der Waals surface area (Å²) in [5, 5.41) is 4.06. The summed E-state index contributed by atoms with van der Waals surface area (Å²) in [4.78, 5) is 2.53. The molecule has 82 valence electrons. The summed E-state index contributed by atoms with van der Waals surface area (Å²) in [7, 11) is 0. The minimum absolute atomic E-state index is 0.921. The fourth-order valence-electron chi connectivity index (χ4n) is 3.18. The van der Waals surface area contributed by atoms with Gasteiger partial charge in [-0.1, -0.05) is 11.6 Å². The van der Waals surface area contributed by atoms with Gasteiger partial charge in [0.15, 0.2) is 0 Å². The maximum Gasteiger partial charge on any atom is 0.133 e. The van der Waals surface area contributed by atoms with Gasteiger partial charge in [-0.2, -0.15) is 0 Å². The smallest absolute Gasteiger partial charge is 0.133 e. The van der Waals surface area contributed by atoms with E-state index in [1.165, 1.54) is 32.4 Å². The van der Waals surface area contributed by atoms with Crippen LogP contribution in [0, 0.1) is 18.8 Å². The lowest BCUT2D eigenvalue weighted by Gasteiger charge is -2.14. The summed E-state index contributed by atoms with van der Waals surface area (Å²) in [6.45, 7) is 5.48. The largest absolute Gasteiger partial charge is 0.361 e. The van der Waals surface area contributed by atoms with Crippen LogP contribution in [0.25, 0.3) is 0 Å². The van der Waals surface area contributed by atoms with Crippen molar-refractivity contribution in [3.05, 3.63) is 17.5 Å². The van der Waals surface area contributed by atoms with E-state index in [1.54, 1.807) is 0 Å². The number of likely N-dealkylation sites (tertiary alicyclic amines) is 1. The lowest BCUT2D eigenvalue weighted by atomic mass is 10.0. The van der Waals surface area contributed by atoms with E-state index in [4.69, 9.17) is 4.52 Å². The molecule has 1 aliphatic heterocycles. The molecule has 0 aromatic carbocycles. The van der Waals surface area contributed by atoms with Gasteiger partial charge in [0.25, 0.3) is 0 Å². The zero-order valence-electron chi connectivity index (χ0n) is 9.28. The number of aryl methyl sites for hydroxylation is 1. The van der Waals surface area contributed by atoms with Crippen molar-refractivity contribution in [3.63, 3.8) is 0 Å². The Morgan fingerprint density at radius 3 is 2.73 bits per heavy atom. The number of fused-ring (bicyclic) bond motifs is 1. The molecule has 1 saturated heterocycles. The van der Waals surface area contributed by atoms with Crippen LogP contribution in [-0.4, -0.2) is 23.1 Å². The predicted octanol–water partition coefficient (Wildman–Crippen LogP) is 2.21. The van der Waals surface area contributed by atoms with E-state index >= 15 is 0 Å². The molecule has 3 nitrogen and oxygen atoms in total. The van der Waals surface area contributed by atoms with Gasteiger partial charge in [0.05, 0.1) is 5.69 Å². The third-order valence-electron chi connectivity index (χ3n) is 3.86. The highest BCUT2D eigenvalue weighted by molar-refractivity contribution is 5.04. The third kappa shape index (κ3) is 1.81. The molecule has 3 heteroatoms. The summed E-state index contributed by atoms with van der Waals surface area (Å²) < 4.78 is 5.09. The molecule has 1 aliphatic carbocycles. The summed E-state index contributed by atoms with van der Waals surface area (Å²) in [6, 6.07) is 2.05. The Hall–Kier alpha value is -0.830. The first kappa shape index (κ1) is 9.40. The van der Waals surface area contributed by atoms with Gasteiger partial charge in [0.2, 0.25) is 0 Å². The molecule has 1 aromatic heterocycles. The lowest BCUT2D eigenvalue weighted by molar-refractivity contribution is 0.289. The zero-order chi connectivity index (χ0) is 10.3. The van der Waals surface area contributed by atoms with Crippen molar-refractivity contribution in [1.82, 2.24) is 10.1 Å². The summed E-state index contributed by atoms with van der Waals surface area (Å²) in [5.74, 6) is 2.86. The third-order valence-corrected chi connectivity index (χ3v) is 3.86. The first-order valence-corrected chi connectivity index (χ1v) is 5.96. The van der Waals surface area contributed by atoms with E-state index in [-0.39, 0.29) is 0 Å². The van der Waals surface area contributed by atoms with Crippen LogP contribution in [0.15, 0.2) is 10.6 Å². The van der Waals surface area contributed by atoms with Crippen LogP contribution in [0.2, 0.25) is 0 Å². The Labute approximate surface area is 90.4 Å². The normalized spacial score (nSPS) is 31.0. The molecule has 15 heavy (non-hydrogen) atoms. The van der Waals surface area contributed by atoms with Gasteiger partial charge in [-0.05, 0) is 31.6 Å². The van der Waals surface area contributed by atoms with Gasteiger partial charge in [0.1, 0.15) is 5.76 Å². The van der Waals surface area contributed by atoms with E-state index in [1.807, 2.05) is 13.0 Å².